The third-order valence-corrected chi connectivity index (χ3v) is 3.89. The Morgan fingerprint density at radius 1 is 1.09 bits per heavy atom. The lowest BCUT2D eigenvalue weighted by molar-refractivity contribution is 0.188. The lowest BCUT2D eigenvalue weighted by Crippen LogP contribution is -2.47. The Morgan fingerprint density at radius 2 is 1.82 bits per heavy atom. The first-order valence-electron chi connectivity index (χ1n) is 7.60. The van der Waals surface area contributed by atoms with Gasteiger partial charge < -0.3 is 10.0 Å². The summed E-state index contributed by atoms with van der Waals surface area (Å²) in [6.07, 6.45) is 3.52. The molecular weight excluding hydrogens is 278 g/mol. The summed E-state index contributed by atoms with van der Waals surface area (Å²) in [6.45, 7) is 6.72. The molecule has 0 unspecified atom stereocenters. The number of pyridine rings is 1. The van der Waals surface area contributed by atoms with E-state index in [0.717, 1.165) is 55.6 Å². The average Bonchev–Trinajstić information content (AvgIpc) is 2.56. The number of anilines is 1. The van der Waals surface area contributed by atoms with Crippen LogP contribution in [0.15, 0.2) is 30.6 Å². The second-order valence-corrected chi connectivity index (χ2v) is 5.48. The van der Waals surface area contributed by atoms with E-state index in [0.29, 0.717) is 0 Å². The smallest absolute Gasteiger partial charge is 0.161 e. The molecule has 0 aliphatic carbocycles. The van der Waals surface area contributed by atoms with Crippen molar-refractivity contribution in [3.05, 3.63) is 36.3 Å². The Bertz CT molecular complexity index is 611. The van der Waals surface area contributed by atoms with Crippen LogP contribution in [0, 0.1) is 6.92 Å². The number of rotatable bonds is 4. The van der Waals surface area contributed by atoms with E-state index >= 15 is 0 Å². The highest BCUT2D eigenvalue weighted by molar-refractivity contribution is 5.57. The fraction of sp³-hybridized carbons (Fsp3) is 0.438. The topological polar surface area (TPSA) is 65.4 Å². The second kappa shape index (κ2) is 6.81. The molecular formula is C16H21N5O. The zero-order valence-electron chi connectivity index (χ0n) is 12.8. The number of nitrogens with zero attached hydrogens (tertiary/aromatic N) is 5. The van der Waals surface area contributed by atoms with Crippen LogP contribution in [0.1, 0.15) is 5.69 Å². The van der Waals surface area contributed by atoms with E-state index < -0.39 is 0 Å². The minimum Gasteiger partial charge on any atom is -0.395 e. The molecule has 3 rings (SSSR count). The summed E-state index contributed by atoms with van der Waals surface area (Å²) in [5.41, 5.74) is 1.95. The maximum absolute atomic E-state index is 9.02. The summed E-state index contributed by atoms with van der Waals surface area (Å²) in [7, 11) is 0. The van der Waals surface area contributed by atoms with Gasteiger partial charge in [-0.05, 0) is 19.1 Å². The van der Waals surface area contributed by atoms with E-state index in [2.05, 4.69) is 19.8 Å². The molecule has 0 radical (unpaired) electrons. The van der Waals surface area contributed by atoms with Gasteiger partial charge in [0.05, 0.1) is 6.61 Å². The number of aliphatic hydroxyl groups excluding tert-OH is 1. The number of hydrogen-bond acceptors (Lipinski definition) is 6. The van der Waals surface area contributed by atoms with Gasteiger partial charge in [0, 0.05) is 62.4 Å². The van der Waals surface area contributed by atoms with Crippen molar-refractivity contribution in [1.82, 2.24) is 19.9 Å². The van der Waals surface area contributed by atoms with Gasteiger partial charge in [-0.3, -0.25) is 9.88 Å². The van der Waals surface area contributed by atoms with Gasteiger partial charge in [0.1, 0.15) is 5.82 Å². The predicted octanol–water partition coefficient (Wildman–Crippen LogP) is 0.961. The lowest BCUT2D eigenvalue weighted by Gasteiger charge is -2.35. The van der Waals surface area contributed by atoms with Crippen molar-refractivity contribution < 1.29 is 5.11 Å². The summed E-state index contributed by atoms with van der Waals surface area (Å²) in [4.78, 5) is 17.8. The van der Waals surface area contributed by atoms with Gasteiger partial charge in [-0.25, -0.2) is 9.97 Å². The maximum Gasteiger partial charge on any atom is 0.161 e. The van der Waals surface area contributed by atoms with Crippen molar-refractivity contribution in [1.29, 1.82) is 0 Å². The van der Waals surface area contributed by atoms with Crippen LogP contribution in [0.2, 0.25) is 0 Å². The first-order chi connectivity index (χ1) is 10.8. The molecule has 0 atom stereocenters. The third-order valence-electron chi connectivity index (χ3n) is 3.89. The maximum atomic E-state index is 9.02. The van der Waals surface area contributed by atoms with Crippen LogP contribution in [0.25, 0.3) is 11.4 Å². The van der Waals surface area contributed by atoms with Crippen LogP contribution in [0.4, 0.5) is 5.82 Å². The number of aromatic nitrogens is 3. The Labute approximate surface area is 130 Å². The van der Waals surface area contributed by atoms with Crippen molar-refractivity contribution in [3.8, 4) is 11.4 Å². The molecule has 1 aliphatic heterocycles. The van der Waals surface area contributed by atoms with Crippen LogP contribution in [0.3, 0.4) is 0 Å². The molecule has 1 aliphatic rings. The monoisotopic (exact) mass is 299 g/mol. The third kappa shape index (κ3) is 3.40. The molecule has 0 amide bonds. The van der Waals surface area contributed by atoms with Gasteiger partial charge in [-0.1, -0.05) is 0 Å². The zero-order chi connectivity index (χ0) is 15.4. The van der Waals surface area contributed by atoms with Crippen molar-refractivity contribution >= 4 is 5.82 Å². The summed E-state index contributed by atoms with van der Waals surface area (Å²) in [5.74, 6) is 1.72. The summed E-state index contributed by atoms with van der Waals surface area (Å²) in [5, 5.41) is 9.02. The van der Waals surface area contributed by atoms with E-state index in [1.54, 1.807) is 12.4 Å². The quantitative estimate of drug-likeness (QED) is 0.907. The second-order valence-electron chi connectivity index (χ2n) is 5.48. The van der Waals surface area contributed by atoms with Gasteiger partial charge >= 0.3 is 0 Å². The molecule has 1 fully saturated rings. The van der Waals surface area contributed by atoms with Gasteiger partial charge in [0.15, 0.2) is 5.82 Å². The van der Waals surface area contributed by atoms with Gasteiger partial charge in [-0.15, -0.1) is 0 Å². The van der Waals surface area contributed by atoms with Crippen LogP contribution in [-0.4, -0.2) is 64.3 Å². The molecule has 1 saturated heterocycles. The largest absolute Gasteiger partial charge is 0.395 e. The fourth-order valence-electron chi connectivity index (χ4n) is 2.69. The van der Waals surface area contributed by atoms with E-state index in [9.17, 15) is 0 Å². The van der Waals surface area contributed by atoms with Crippen molar-refractivity contribution in [2.75, 3.05) is 44.2 Å². The van der Waals surface area contributed by atoms with Gasteiger partial charge in [0.25, 0.3) is 0 Å². The van der Waals surface area contributed by atoms with E-state index in [1.165, 1.54) is 0 Å². The molecule has 2 aromatic heterocycles. The molecule has 1 N–H and O–H groups in total. The Balaban J connectivity index is 1.79. The molecule has 116 valence electrons. The first-order valence-corrected chi connectivity index (χ1v) is 7.60. The standard InChI is InChI=1S/C16H21N5O/c1-13-12-15(21-8-6-20(7-9-21)10-11-22)19-16(18-13)14-2-4-17-5-3-14/h2-5,12,22H,6-11H2,1H3. The molecule has 2 aromatic rings. The number of hydrogen-bond donors (Lipinski definition) is 1. The highest BCUT2D eigenvalue weighted by Gasteiger charge is 2.18. The normalized spacial score (nSPS) is 16.0. The van der Waals surface area contributed by atoms with E-state index in [-0.39, 0.29) is 6.61 Å². The summed E-state index contributed by atoms with van der Waals surface area (Å²) < 4.78 is 0. The number of piperazine rings is 1. The van der Waals surface area contributed by atoms with Crippen molar-refractivity contribution in [3.63, 3.8) is 0 Å². The van der Waals surface area contributed by atoms with Crippen molar-refractivity contribution in [2.24, 2.45) is 0 Å². The molecule has 3 heterocycles. The number of aryl methyl sites for hydroxylation is 1. The molecule has 0 spiro atoms. The van der Waals surface area contributed by atoms with Crippen LogP contribution < -0.4 is 4.90 Å². The Kier molecular flexibility index (Phi) is 4.60. The van der Waals surface area contributed by atoms with Gasteiger partial charge in [-0.2, -0.15) is 0 Å². The van der Waals surface area contributed by atoms with Crippen LogP contribution in [0.5, 0.6) is 0 Å². The molecule has 6 nitrogen and oxygen atoms in total. The zero-order valence-corrected chi connectivity index (χ0v) is 12.8. The summed E-state index contributed by atoms with van der Waals surface area (Å²) >= 11 is 0. The van der Waals surface area contributed by atoms with Crippen molar-refractivity contribution in [2.45, 2.75) is 6.92 Å². The van der Waals surface area contributed by atoms with E-state index in [4.69, 9.17) is 10.1 Å². The minimum atomic E-state index is 0.221. The number of β-amino-alcohol motifs (C(OH)–C–C–N with tert-alkyl or cyclic N) is 1. The lowest BCUT2D eigenvalue weighted by atomic mass is 10.2. The highest BCUT2D eigenvalue weighted by atomic mass is 16.3. The fourth-order valence-corrected chi connectivity index (χ4v) is 2.69. The average molecular weight is 299 g/mol. The first kappa shape index (κ1) is 14.9. The minimum absolute atomic E-state index is 0.221. The molecule has 6 heteroatoms. The summed E-state index contributed by atoms with van der Waals surface area (Å²) in [6, 6.07) is 5.89. The van der Waals surface area contributed by atoms with Crippen LogP contribution >= 0.6 is 0 Å². The highest BCUT2D eigenvalue weighted by Crippen LogP contribution is 2.20. The van der Waals surface area contributed by atoms with Crippen LogP contribution in [-0.2, 0) is 0 Å². The Morgan fingerprint density at radius 3 is 2.50 bits per heavy atom. The molecule has 0 bridgehead atoms. The van der Waals surface area contributed by atoms with E-state index in [1.807, 2.05) is 25.1 Å². The number of aliphatic hydroxyl groups is 1. The molecule has 22 heavy (non-hydrogen) atoms. The predicted molar refractivity (Wildman–Crippen MR) is 85.7 cm³/mol. The van der Waals surface area contributed by atoms with Gasteiger partial charge in [0.2, 0.25) is 0 Å². The molecule has 0 saturated carbocycles. The molecule has 0 aromatic carbocycles. The SMILES string of the molecule is Cc1cc(N2CCN(CCO)CC2)nc(-c2ccncc2)n1. The Hall–Kier alpha value is -2.05.